The second-order valence-electron chi connectivity index (χ2n) is 7.64. The molecule has 0 spiro atoms. The third-order valence-electron chi connectivity index (χ3n) is 5.36. The first-order valence-electron chi connectivity index (χ1n) is 10.7. The number of amides is 1. The lowest BCUT2D eigenvalue weighted by atomic mass is 10.2. The van der Waals surface area contributed by atoms with Gasteiger partial charge in [-0.05, 0) is 54.3 Å². The molecule has 0 aliphatic carbocycles. The number of carbonyl (C=O) groups excluding carboxylic acids is 1. The maximum atomic E-state index is 12.2. The maximum Gasteiger partial charge on any atom is 0.219 e. The molecule has 0 unspecified atom stereocenters. The van der Waals surface area contributed by atoms with Crippen molar-refractivity contribution in [3.05, 3.63) is 66.4 Å². The monoisotopic (exact) mass is 461 g/mol. The summed E-state index contributed by atoms with van der Waals surface area (Å²) in [5.74, 6) is 2.27. The first-order chi connectivity index (χ1) is 16.0. The van der Waals surface area contributed by atoms with Gasteiger partial charge in [0.2, 0.25) is 6.41 Å². The van der Waals surface area contributed by atoms with Crippen LogP contribution in [-0.2, 0) is 18.4 Å². The summed E-state index contributed by atoms with van der Waals surface area (Å²) in [5.41, 5.74) is 3.71. The lowest BCUT2D eigenvalue weighted by molar-refractivity contribution is -0.106. The second-order valence-corrected chi connectivity index (χ2v) is 8.92. The predicted octanol–water partition coefficient (Wildman–Crippen LogP) is 5.02. The summed E-state index contributed by atoms with van der Waals surface area (Å²) in [4.78, 5) is 20.8. The van der Waals surface area contributed by atoms with Gasteiger partial charge in [0.05, 0.1) is 23.3 Å². The molecule has 0 saturated carbocycles. The molecule has 2 aromatic carbocycles. The molecule has 4 aromatic rings. The van der Waals surface area contributed by atoms with Gasteiger partial charge in [-0.3, -0.25) is 14.4 Å². The molecule has 2 heterocycles. The Morgan fingerprint density at radius 1 is 1.09 bits per heavy atom. The van der Waals surface area contributed by atoms with E-state index in [-0.39, 0.29) is 0 Å². The lowest BCUT2D eigenvalue weighted by Gasteiger charge is -2.25. The van der Waals surface area contributed by atoms with Crippen molar-refractivity contribution in [1.82, 2.24) is 14.8 Å². The van der Waals surface area contributed by atoms with Crippen LogP contribution in [0.5, 0.6) is 5.75 Å². The maximum absolute atomic E-state index is 12.2. The first-order valence-corrected chi connectivity index (χ1v) is 11.7. The summed E-state index contributed by atoms with van der Waals surface area (Å²) >= 11 is 1.65. The van der Waals surface area contributed by atoms with Crippen molar-refractivity contribution in [2.75, 3.05) is 29.7 Å². The number of benzene rings is 2. The zero-order chi connectivity index (χ0) is 23.4. The Balaban J connectivity index is 1.69. The van der Waals surface area contributed by atoms with Crippen molar-refractivity contribution < 1.29 is 9.53 Å². The molecule has 7 nitrogen and oxygen atoms in total. The van der Waals surface area contributed by atoms with Crippen LogP contribution < -0.4 is 14.5 Å². The number of rotatable bonds is 9. The Kier molecular flexibility index (Phi) is 6.84. The van der Waals surface area contributed by atoms with E-state index in [9.17, 15) is 4.79 Å². The van der Waals surface area contributed by atoms with Crippen molar-refractivity contribution in [2.24, 2.45) is 7.05 Å². The van der Waals surface area contributed by atoms with Gasteiger partial charge in [-0.1, -0.05) is 13.0 Å². The molecule has 170 valence electrons. The van der Waals surface area contributed by atoms with E-state index in [0.29, 0.717) is 12.4 Å². The number of hydrogen-bond donors (Lipinski definition) is 0. The van der Waals surface area contributed by atoms with Gasteiger partial charge in [0, 0.05) is 43.5 Å². The smallest absolute Gasteiger partial charge is 0.219 e. The van der Waals surface area contributed by atoms with Crippen molar-refractivity contribution in [2.45, 2.75) is 18.5 Å². The Labute approximate surface area is 198 Å². The minimum atomic E-state index is 0.589. The third kappa shape index (κ3) is 4.96. The molecule has 0 aliphatic heterocycles. The standard InChI is InChI=1S/C25H27N5O2S/c1-5-33-24-13-6-18(15-28(2)21-9-12-23-19(14-21)16-29(3)27-23)25(26-24)30(17-31)20-7-10-22(32-4)11-8-20/h6-14,16-17H,5,15H2,1-4H3. The molecule has 4 rings (SSSR count). The number of anilines is 3. The van der Waals surface area contributed by atoms with Gasteiger partial charge < -0.3 is 9.64 Å². The molecular weight excluding hydrogens is 434 g/mol. The quantitative estimate of drug-likeness (QED) is 0.258. The van der Waals surface area contributed by atoms with Gasteiger partial charge in [-0.25, -0.2) is 4.98 Å². The van der Waals surface area contributed by atoms with Gasteiger partial charge in [0.15, 0.2) is 0 Å². The van der Waals surface area contributed by atoms with Crippen LogP contribution in [-0.4, -0.2) is 41.1 Å². The van der Waals surface area contributed by atoms with E-state index < -0.39 is 0 Å². The first kappa shape index (κ1) is 22.7. The van der Waals surface area contributed by atoms with Gasteiger partial charge in [0.25, 0.3) is 0 Å². The highest BCUT2D eigenvalue weighted by Crippen LogP contribution is 2.31. The van der Waals surface area contributed by atoms with E-state index in [0.717, 1.165) is 50.8 Å². The molecule has 0 N–H and O–H groups in total. The summed E-state index contributed by atoms with van der Waals surface area (Å²) < 4.78 is 7.08. The molecule has 0 fully saturated rings. The zero-order valence-electron chi connectivity index (χ0n) is 19.2. The highest BCUT2D eigenvalue weighted by Gasteiger charge is 2.18. The molecular formula is C25H27N5O2S. The lowest BCUT2D eigenvalue weighted by Crippen LogP contribution is -2.22. The number of pyridine rings is 1. The van der Waals surface area contributed by atoms with Crippen molar-refractivity contribution >= 4 is 46.3 Å². The van der Waals surface area contributed by atoms with Crippen LogP contribution in [0.3, 0.4) is 0 Å². The van der Waals surface area contributed by atoms with Crippen LogP contribution in [0.15, 0.2) is 65.8 Å². The van der Waals surface area contributed by atoms with Gasteiger partial charge in [-0.15, -0.1) is 11.8 Å². The molecule has 0 radical (unpaired) electrons. The third-order valence-corrected chi connectivity index (χ3v) is 6.17. The van der Waals surface area contributed by atoms with E-state index in [1.54, 1.807) is 23.8 Å². The van der Waals surface area contributed by atoms with Crippen LogP contribution in [0.4, 0.5) is 17.2 Å². The minimum absolute atomic E-state index is 0.589. The van der Waals surface area contributed by atoms with Crippen LogP contribution in [0, 0.1) is 0 Å². The largest absolute Gasteiger partial charge is 0.497 e. The van der Waals surface area contributed by atoms with Crippen LogP contribution in [0.25, 0.3) is 10.9 Å². The summed E-state index contributed by atoms with van der Waals surface area (Å²) in [6.07, 6.45) is 2.82. The van der Waals surface area contributed by atoms with Gasteiger partial charge >= 0.3 is 0 Å². The Morgan fingerprint density at radius 2 is 1.85 bits per heavy atom. The van der Waals surface area contributed by atoms with E-state index >= 15 is 0 Å². The summed E-state index contributed by atoms with van der Waals surface area (Å²) in [5, 5.41) is 6.42. The van der Waals surface area contributed by atoms with Crippen LogP contribution >= 0.6 is 11.8 Å². The zero-order valence-corrected chi connectivity index (χ0v) is 20.0. The molecule has 0 saturated heterocycles. The average molecular weight is 462 g/mol. The number of nitrogens with zero attached hydrogens (tertiary/aromatic N) is 5. The second kappa shape index (κ2) is 9.95. The number of fused-ring (bicyclic) bond motifs is 1. The Morgan fingerprint density at radius 3 is 2.55 bits per heavy atom. The van der Waals surface area contributed by atoms with Crippen LogP contribution in [0.1, 0.15) is 12.5 Å². The van der Waals surface area contributed by atoms with E-state index in [1.165, 1.54) is 0 Å². The number of ether oxygens (including phenoxy) is 1. The summed E-state index contributed by atoms with van der Waals surface area (Å²) in [6, 6.07) is 17.7. The number of aromatic nitrogens is 3. The molecule has 8 heteroatoms. The van der Waals surface area contributed by atoms with Crippen molar-refractivity contribution in [3.63, 3.8) is 0 Å². The Bertz CT molecular complexity index is 1260. The normalized spacial score (nSPS) is 10.9. The fourth-order valence-electron chi connectivity index (χ4n) is 3.72. The average Bonchev–Trinajstić information content (AvgIpc) is 3.21. The van der Waals surface area contributed by atoms with Gasteiger partial charge in [-0.2, -0.15) is 5.10 Å². The highest BCUT2D eigenvalue weighted by atomic mass is 32.2. The summed E-state index contributed by atoms with van der Waals surface area (Å²) in [6.45, 7) is 2.68. The fourth-order valence-corrected chi connectivity index (χ4v) is 4.33. The van der Waals surface area contributed by atoms with Crippen molar-refractivity contribution in [1.29, 1.82) is 0 Å². The number of hydrogen-bond acceptors (Lipinski definition) is 6. The number of carbonyl (C=O) groups is 1. The van der Waals surface area contributed by atoms with E-state index in [1.807, 2.05) is 61.4 Å². The van der Waals surface area contributed by atoms with Gasteiger partial charge in [0.1, 0.15) is 11.6 Å². The minimum Gasteiger partial charge on any atom is -0.497 e. The molecule has 1 amide bonds. The number of methoxy groups -OCH3 is 1. The molecule has 33 heavy (non-hydrogen) atoms. The fraction of sp³-hybridized carbons (Fsp3) is 0.240. The summed E-state index contributed by atoms with van der Waals surface area (Å²) in [7, 11) is 5.58. The van der Waals surface area contributed by atoms with E-state index in [4.69, 9.17) is 9.72 Å². The number of aryl methyl sites for hydroxylation is 1. The Hall–Kier alpha value is -3.52. The molecule has 0 atom stereocenters. The SMILES string of the molecule is CCSc1ccc(CN(C)c2ccc3nn(C)cc3c2)c(N(C=O)c2ccc(OC)cc2)n1. The van der Waals surface area contributed by atoms with Crippen LogP contribution in [0.2, 0.25) is 0 Å². The topological polar surface area (TPSA) is 63.5 Å². The predicted molar refractivity (Wildman–Crippen MR) is 135 cm³/mol. The molecule has 0 aliphatic rings. The number of thioether (sulfide) groups is 1. The van der Waals surface area contributed by atoms with E-state index in [2.05, 4.69) is 35.1 Å². The molecule has 2 aromatic heterocycles. The van der Waals surface area contributed by atoms with Crippen molar-refractivity contribution in [3.8, 4) is 5.75 Å². The molecule has 0 bridgehead atoms. The highest BCUT2D eigenvalue weighted by molar-refractivity contribution is 7.99.